The van der Waals surface area contributed by atoms with E-state index in [-0.39, 0.29) is 31.0 Å². The maximum atomic E-state index is 13.0. The largest absolute Gasteiger partial charge is 0.418 e. The summed E-state index contributed by atoms with van der Waals surface area (Å²) in [6.07, 6.45) is -0.766. The van der Waals surface area contributed by atoms with Gasteiger partial charge in [0.15, 0.2) is 0 Å². The first kappa shape index (κ1) is 26.1. The van der Waals surface area contributed by atoms with Crippen molar-refractivity contribution in [2.45, 2.75) is 32.1 Å². The molecule has 0 unspecified atom stereocenters. The maximum absolute atomic E-state index is 13.0. The third-order valence-corrected chi connectivity index (χ3v) is 5.95. The number of carbonyl (C=O) groups is 2. The van der Waals surface area contributed by atoms with Gasteiger partial charge in [-0.25, -0.2) is 19.9 Å². The first-order chi connectivity index (χ1) is 16.5. The molecule has 0 radical (unpaired) electrons. The smallest absolute Gasteiger partial charge is 0.370 e. The number of nitrogens with zero attached hydrogens (tertiary/aromatic N) is 4. The summed E-state index contributed by atoms with van der Waals surface area (Å²) >= 11 is 6.86. The number of nitrogens with two attached hydrogens (primary N) is 1. The normalized spacial score (nSPS) is 12.1. The van der Waals surface area contributed by atoms with Crippen LogP contribution in [0.4, 0.5) is 24.8 Å². The second kappa shape index (κ2) is 11.3. The Kier molecular flexibility index (Phi) is 8.40. The predicted octanol–water partition coefficient (Wildman–Crippen LogP) is 3.39. The fourth-order valence-electron chi connectivity index (χ4n) is 2.76. The molecule has 0 aliphatic heterocycles. The van der Waals surface area contributed by atoms with Gasteiger partial charge in [-0.3, -0.25) is 9.59 Å². The van der Waals surface area contributed by atoms with Crippen LogP contribution in [0.3, 0.4) is 0 Å². The number of anilines is 2. The molecule has 0 spiro atoms. The van der Waals surface area contributed by atoms with Crippen LogP contribution in [0.2, 0.25) is 5.02 Å². The average Bonchev–Trinajstić information content (AvgIpc) is 3.27. The van der Waals surface area contributed by atoms with Gasteiger partial charge in [0.2, 0.25) is 5.91 Å². The molecule has 0 bridgehead atoms. The number of pyridine rings is 1. The fourth-order valence-corrected chi connectivity index (χ4v) is 3.83. The van der Waals surface area contributed by atoms with Gasteiger partial charge in [0.05, 0.1) is 23.2 Å². The Morgan fingerprint density at radius 2 is 1.86 bits per heavy atom. The molecule has 0 aliphatic carbocycles. The summed E-state index contributed by atoms with van der Waals surface area (Å²) in [5.74, 6) is -0.544. The zero-order chi connectivity index (χ0) is 25.6. The number of halogens is 4. The van der Waals surface area contributed by atoms with Gasteiger partial charge in [-0.1, -0.05) is 11.6 Å². The van der Waals surface area contributed by atoms with Gasteiger partial charge >= 0.3 is 6.18 Å². The number of aromatic nitrogens is 4. The van der Waals surface area contributed by atoms with E-state index in [0.29, 0.717) is 10.8 Å². The lowest BCUT2D eigenvalue weighted by atomic mass is 10.2. The summed E-state index contributed by atoms with van der Waals surface area (Å²) in [5.41, 5.74) is 4.22. The van der Waals surface area contributed by atoms with Gasteiger partial charge in [-0.05, 0) is 13.0 Å². The monoisotopic (exact) mass is 528 g/mol. The van der Waals surface area contributed by atoms with Crippen molar-refractivity contribution < 1.29 is 22.8 Å². The highest BCUT2D eigenvalue weighted by molar-refractivity contribution is 7.11. The van der Waals surface area contributed by atoms with E-state index in [1.165, 1.54) is 23.7 Å². The number of primary amides is 1. The number of alkyl halides is 3. The Hall–Kier alpha value is -3.52. The van der Waals surface area contributed by atoms with E-state index in [4.69, 9.17) is 17.3 Å². The van der Waals surface area contributed by atoms with E-state index in [1.807, 2.05) is 0 Å². The summed E-state index contributed by atoms with van der Waals surface area (Å²) in [6, 6.07) is 1.81. The van der Waals surface area contributed by atoms with Gasteiger partial charge in [0, 0.05) is 36.3 Å². The second-order valence-corrected chi connectivity index (χ2v) is 8.75. The van der Waals surface area contributed by atoms with Gasteiger partial charge in [0.1, 0.15) is 28.7 Å². The van der Waals surface area contributed by atoms with Crippen LogP contribution in [0, 0.1) is 0 Å². The highest BCUT2D eigenvalue weighted by Gasteiger charge is 2.33. The molecule has 3 aromatic rings. The number of carbonyl (C=O) groups excluding carboxylic acids is 2. The standard InChI is InChI=1S/C20H20ClF3N8O2S/c1-10(32-18(34)14-5-17(31-9-30-14)26-3-2-15(25)33)19-29-7-11(35-19)6-27-16-4-12(20(22,23)24)13(21)8-28-16/h4-5,7-10H,2-3,6H2,1H3,(H2,25,33)(H,27,28)(H,32,34)(H,26,30,31)/t10-/m1/s1. The number of rotatable bonds is 10. The van der Waals surface area contributed by atoms with Crippen molar-refractivity contribution in [1.82, 2.24) is 25.3 Å². The van der Waals surface area contributed by atoms with Gasteiger partial charge in [-0.15, -0.1) is 11.3 Å². The lowest BCUT2D eigenvalue weighted by Gasteiger charge is -2.12. The molecule has 3 aromatic heterocycles. The van der Waals surface area contributed by atoms with E-state index >= 15 is 0 Å². The SMILES string of the molecule is C[C@@H](NC(=O)c1cc(NCCC(N)=O)ncn1)c1ncc(CNc2cc(C(F)(F)F)c(Cl)cn2)s1. The first-order valence-corrected chi connectivity index (χ1v) is 11.3. The van der Waals surface area contributed by atoms with Crippen molar-refractivity contribution in [2.75, 3.05) is 17.2 Å². The maximum Gasteiger partial charge on any atom is 0.418 e. The highest BCUT2D eigenvalue weighted by Crippen LogP contribution is 2.35. The molecule has 35 heavy (non-hydrogen) atoms. The summed E-state index contributed by atoms with van der Waals surface area (Å²) in [5, 5.41) is 8.57. The minimum absolute atomic E-state index is 0.0158. The molecule has 186 valence electrons. The molecule has 15 heteroatoms. The summed E-state index contributed by atoms with van der Waals surface area (Å²) in [7, 11) is 0. The van der Waals surface area contributed by atoms with E-state index in [2.05, 4.69) is 35.9 Å². The zero-order valence-electron chi connectivity index (χ0n) is 18.2. The molecular formula is C20H20ClF3N8O2S. The zero-order valence-corrected chi connectivity index (χ0v) is 19.8. The topological polar surface area (TPSA) is 148 Å². The number of hydrogen-bond donors (Lipinski definition) is 4. The molecule has 3 rings (SSSR count). The van der Waals surface area contributed by atoms with E-state index in [9.17, 15) is 22.8 Å². The minimum atomic E-state index is -4.59. The Balaban J connectivity index is 1.57. The van der Waals surface area contributed by atoms with Crippen LogP contribution in [0.1, 0.15) is 45.3 Å². The molecular weight excluding hydrogens is 509 g/mol. The molecule has 2 amide bonds. The molecule has 0 aliphatic rings. The van der Waals surface area contributed by atoms with Crippen LogP contribution < -0.4 is 21.7 Å². The summed E-state index contributed by atoms with van der Waals surface area (Å²) < 4.78 is 39.0. The summed E-state index contributed by atoms with van der Waals surface area (Å²) in [4.78, 5) is 40.2. The summed E-state index contributed by atoms with van der Waals surface area (Å²) in [6.45, 7) is 2.18. The lowest BCUT2D eigenvalue weighted by Crippen LogP contribution is -2.27. The Morgan fingerprint density at radius 1 is 1.11 bits per heavy atom. The number of hydrogen-bond acceptors (Lipinski definition) is 9. The fraction of sp³-hybridized carbons (Fsp3) is 0.300. The van der Waals surface area contributed by atoms with Gasteiger partial charge in [-0.2, -0.15) is 13.2 Å². The van der Waals surface area contributed by atoms with Gasteiger partial charge < -0.3 is 21.7 Å². The number of amides is 2. The minimum Gasteiger partial charge on any atom is -0.370 e. The lowest BCUT2D eigenvalue weighted by molar-refractivity contribution is -0.137. The van der Waals surface area contributed by atoms with Crippen LogP contribution in [0.15, 0.2) is 30.9 Å². The Bertz CT molecular complexity index is 1210. The van der Waals surface area contributed by atoms with Crippen LogP contribution in [0.5, 0.6) is 0 Å². The first-order valence-electron chi connectivity index (χ1n) is 10.1. The van der Waals surface area contributed by atoms with Gasteiger partial charge in [0.25, 0.3) is 5.91 Å². The van der Waals surface area contributed by atoms with Crippen LogP contribution >= 0.6 is 22.9 Å². The molecule has 0 saturated heterocycles. The highest BCUT2D eigenvalue weighted by atomic mass is 35.5. The molecule has 5 N–H and O–H groups in total. The van der Waals surface area contributed by atoms with E-state index in [0.717, 1.165) is 17.1 Å². The third kappa shape index (κ3) is 7.48. The van der Waals surface area contributed by atoms with E-state index < -0.39 is 34.6 Å². The van der Waals surface area contributed by atoms with Crippen molar-refractivity contribution in [3.05, 3.63) is 57.0 Å². The Labute approximate surface area is 206 Å². The molecule has 0 fully saturated rings. The molecule has 1 atom stereocenters. The molecule has 0 saturated carbocycles. The predicted molar refractivity (Wildman–Crippen MR) is 124 cm³/mol. The third-order valence-electron chi connectivity index (χ3n) is 4.47. The number of thiazole rings is 1. The second-order valence-electron chi connectivity index (χ2n) is 7.19. The van der Waals surface area contributed by atoms with Crippen LogP contribution in [-0.4, -0.2) is 38.3 Å². The van der Waals surface area contributed by atoms with Crippen molar-refractivity contribution >= 4 is 46.4 Å². The average molecular weight is 529 g/mol. The quantitative estimate of drug-likeness (QED) is 0.313. The molecule has 0 aromatic carbocycles. The van der Waals surface area contributed by atoms with Crippen molar-refractivity contribution in [3.63, 3.8) is 0 Å². The Morgan fingerprint density at radius 3 is 2.57 bits per heavy atom. The van der Waals surface area contributed by atoms with Crippen LogP contribution in [0.25, 0.3) is 0 Å². The van der Waals surface area contributed by atoms with Crippen molar-refractivity contribution in [2.24, 2.45) is 5.73 Å². The van der Waals surface area contributed by atoms with E-state index in [1.54, 1.807) is 13.1 Å². The van der Waals surface area contributed by atoms with Crippen molar-refractivity contribution in [1.29, 1.82) is 0 Å². The molecule has 10 nitrogen and oxygen atoms in total. The van der Waals surface area contributed by atoms with Crippen molar-refractivity contribution in [3.8, 4) is 0 Å². The molecule has 3 heterocycles. The van der Waals surface area contributed by atoms with Crippen LogP contribution in [-0.2, 0) is 17.5 Å². The number of nitrogens with one attached hydrogen (secondary N) is 3.